The van der Waals surface area contributed by atoms with Gasteiger partial charge in [-0.25, -0.2) is 15.8 Å². The lowest BCUT2D eigenvalue weighted by atomic mass is 10.0. The summed E-state index contributed by atoms with van der Waals surface area (Å²) in [4.78, 5) is 21.4. The number of benzene rings is 2. The van der Waals surface area contributed by atoms with Crippen molar-refractivity contribution in [3.8, 4) is 0 Å². The molecular formula is C22H23N7O. The highest BCUT2D eigenvalue weighted by atomic mass is 16.1. The number of carbonyl (C=O) groups is 1. The first kappa shape index (κ1) is 19.5. The average Bonchev–Trinajstić information content (AvgIpc) is 3.17. The Balaban J connectivity index is 1.70. The van der Waals surface area contributed by atoms with Crippen LogP contribution in [0.2, 0.25) is 0 Å². The summed E-state index contributed by atoms with van der Waals surface area (Å²) in [5.41, 5.74) is 3.01. The van der Waals surface area contributed by atoms with Crippen LogP contribution in [0.3, 0.4) is 0 Å². The number of nitrogens with zero attached hydrogens (tertiary/aromatic N) is 4. The molecule has 0 spiro atoms. The number of Topliss-reactive ketones (excluding diaryl/α,β-unsaturated/α-hetero) is 1. The highest BCUT2D eigenvalue weighted by Gasteiger charge is 2.15. The Bertz CT molecular complexity index is 1200. The molecule has 2 aromatic carbocycles. The van der Waals surface area contributed by atoms with Crippen LogP contribution < -0.4 is 16.2 Å². The number of nitrogens with two attached hydrogens (primary N) is 1. The Labute approximate surface area is 174 Å². The number of anilines is 4. The van der Waals surface area contributed by atoms with Crippen molar-refractivity contribution in [3.63, 3.8) is 0 Å². The molecule has 4 aromatic rings. The largest absolute Gasteiger partial charge is 0.323 e. The van der Waals surface area contributed by atoms with E-state index in [0.29, 0.717) is 28.8 Å². The second-order valence-corrected chi connectivity index (χ2v) is 7.39. The van der Waals surface area contributed by atoms with Crippen molar-refractivity contribution in [2.24, 2.45) is 11.8 Å². The molecule has 30 heavy (non-hydrogen) atoms. The lowest BCUT2D eigenvalue weighted by Gasteiger charge is -2.19. The molecule has 0 bridgehead atoms. The molecule has 0 unspecified atom stereocenters. The third-order valence-electron chi connectivity index (χ3n) is 4.71. The van der Waals surface area contributed by atoms with Crippen LogP contribution in [-0.2, 0) is 0 Å². The van der Waals surface area contributed by atoms with Gasteiger partial charge in [-0.3, -0.25) is 9.89 Å². The molecule has 0 atom stereocenters. The fourth-order valence-electron chi connectivity index (χ4n) is 3.11. The van der Waals surface area contributed by atoms with Gasteiger partial charge < -0.3 is 5.32 Å². The standard InChI is InChI=1S/C22H23N7O/c1-13(2)20(30)15-8-10-16(11-9-15)29(23)22-24-18-7-5-4-6-17(18)21(26-22)25-19-12-14(3)27-28-19/h4-13H,23H2,1-3H3,(H2,24,25,26,27,28). The van der Waals surface area contributed by atoms with E-state index in [0.717, 1.165) is 16.6 Å². The van der Waals surface area contributed by atoms with Crippen LogP contribution >= 0.6 is 0 Å². The number of aromatic amines is 1. The number of nitrogens with one attached hydrogen (secondary N) is 2. The van der Waals surface area contributed by atoms with E-state index in [2.05, 4.69) is 25.5 Å². The number of carbonyl (C=O) groups excluding carboxylic acids is 1. The van der Waals surface area contributed by atoms with Gasteiger partial charge in [0.1, 0.15) is 5.82 Å². The third kappa shape index (κ3) is 3.85. The molecular weight excluding hydrogens is 378 g/mol. The Hall–Kier alpha value is -3.78. The number of para-hydroxylation sites is 1. The molecule has 0 aliphatic rings. The van der Waals surface area contributed by atoms with Gasteiger partial charge in [0.25, 0.3) is 0 Å². The smallest absolute Gasteiger partial charge is 0.247 e. The van der Waals surface area contributed by atoms with Gasteiger partial charge in [0, 0.05) is 28.6 Å². The van der Waals surface area contributed by atoms with Crippen LogP contribution in [0.1, 0.15) is 29.9 Å². The number of aromatic nitrogens is 4. The predicted octanol–water partition coefficient (Wildman–Crippen LogP) is 4.26. The summed E-state index contributed by atoms with van der Waals surface area (Å²) in [5.74, 6) is 7.94. The van der Waals surface area contributed by atoms with E-state index in [9.17, 15) is 4.79 Å². The minimum Gasteiger partial charge on any atom is -0.323 e. The number of hydrogen-bond donors (Lipinski definition) is 3. The van der Waals surface area contributed by atoms with E-state index < -0.39 is 0 Å². The molecule has 0 saturated heterocycles. The van der Waals surface area contributed by atoms with Gasteiger partial charge in [0.2, 0.25) is 5.95 Å². The summed E-state index contributed by atoms with van der Waals surface area (Å²) in [6, 6.07) is 16.7. The summed E-state index contributed by atoms with van der Waals surface area (Å²) in [6.07, 6.45) is 0. The van der Waals surface area contributed by atoms with Crippen molar-refractivity contribution in [1.82, 2.24) is 20.2 Å². The predicted molar refractivity (Wildman–Crippen MR) is 118 cm³/mol. The van der Waals surface area contributed by atoms with Gasteiger partial charge in [-0.05, 0) is 43.3 Å². The first-order valence-corrected chi connectivity index (χ1v) is 9.67. The lowest BCUT2D eigenvalue weighted by molar-refractivity contribution is 0.0939. The van der Waals surface area contributed by atoms with Crippen molar-refractivity contribution in [2.75, 3.05) is 10.3 Å². The van der Waals surface area contributed by atoms with Crippen molar-refractivity contribution >= 4 is 40.0 Å². The van der Waals surface area contributed by atoms with Gasteiger partial charge in [-0.15, -0.1) is 0 Å². The molecule has 8 heteroatoms. The highest BCUT2D eigenvalue weighted by Crippen LogP contribution is 2.28. The quantitative estimate of drug-likeness (QED) is 0.251. The van der Waals surface area contributed by atoms with Crippen LogP contribution in [0.5, 0.6) is 0 Å². The molecule has 0 amide bonds. The molecule has 0 aliphatic heterocycles. The van der Waals surface area contributed by atoms with E-state index in [1.165, 1.54) is 5.01 Å². The summed E-state index contributed by atoms with van der Waals surface area (Å²) in [5, 5.41) is 12.6. The van der Waals surface area contributed by atoms with Crippen molar-refractivity contribution in [3.05, 3.63) is 65.9 Å². The van der Waals surface area contributed by atoms with Gasteiger partial charge in [-0.1, -0.05) is 26.0 Å². The second-order valence-electron chi connectivity index (χ2n) is 7.39. The summed E-state index contributed by atoms with van der Waals surface area (Å²) in [6.45, 7) is 5.69. The van der Waals surface area contributed by atoms with Crippen molar-refractivity contribution < 1.29 is 4.79 Å². The fourth-order valence-corrected chi connectivity index (χ4v) is 3.11. The van der Waals surface area contributed by atoms with E-state index in [1.807, 2.05) is 51.1 Å². The number of aryl methyl sites for hydroxylation is 1. The summed E-state index contributed by atoms with van der Waals surface area (Å²) >= 11 is 0. The molecule has 152 valence electrons. The minimum atomic E-state index is -0.0621. The molecule has 0 fully saturated rings. The Morgan fingerprint density at radius 2 is 1.83 bits per heavy atom. The molecule has 4 N–H and O–H groups in total. The van der Waals surface area contributed by atoms with Crippen LogP contribution in [0.15, 0.2) is 54.6 Å². The van der Waals surface area contributed by atoms with Gasteiger partial charge in [0.15, 0.2) is 11.6 Å². The Morgan fingerprint density at radius 1 is 1.10 bits per heavy atom. The lowest BCUT2D eigenvalue weighted by Crippen LogP contribution is -2.27. The van der Waals surface area contributed by atoms with Crippen LogP contribution in [0.4, 0.5) is 23.3 Å². The van der Waals surface area contributed by atoms with Crippen LogP contribution in [0.25, 0.3) is 10.9 Å². The zero-order valence-electron chi connectivity index (χ0n) is 17.0. The average molecular weight is 401 g/mol. The molecule has 2 aromatic heterocycles. The number of hydrogen-bond acceptors (Lipinski definition) is 7. The molecule has 4 rings (SSSR count). The highest BCUT2D eigenvalue weighted by molar-refractivity contribution is 5.97. The number of hydrazine groups is 1. The van der Waals surface area contributed by atoms with E-state index in [1.54, 1.807) is 24.3 Å². The van der Waals surface area contributed by atoms with Gasteiger partial charge >= 0.3 is 0 Å². The van der Waals surface area contributed by atoms with Crippen LogP contribution in [-0.4, -0.2) is 25.9 Å². The van der Waals surface area contributed by atoms with E-state index >= 15 is 0 Å². The normalized spacial score (nSPS) is 11.1. The maximum absolute atomic E-state index is 12.2. The monoisotopic (exact) mass is 401 g/mol. The molecule has 0 radical (unpaired) electrons. The fraction of sp³-hybridized carbons (Fsp3) is 0.182. The maximum Gasteiger partial charge on any atom is 0.247 e. The van der Waals surface area contributed by atoms with E-state index in [4.69, 9.17) is 5.84 Å². The summed E-state index contributed by atoms with van der Waals surface area (Å²) < 4.78 is 0. The topological polar surface area (TPSA) is 113 Å². The molecule has 0 saturated carbocycles. The van der Waals surface area contributed by atoms with Crippen molar-refractivity contribution in [1.29, 1.82) is 0 Å². The molecule has 2 heterocycles. The Morgan fingerprint density at radius 3 is 2.50 bits per heavy atom. The maximum atomic E-state index is 12.2. The third-order valence-corrected chi connectivity index (χ3v) is 4.71. The first-order chi connectivity index (χ1) is 14.4. The second kappa shape index (κ2) is 7.92. The molecule has 8 nitrogen and oxygen atoms in total. The minimum absolute atomic E-state index is 0.0621. The number of H-pyrrole nitrogens is 1. The van der Waals surface area contributed by atoms with E-state index in [-0.39, 0.29) is 11.7 Å². The van der Waals surface area contributed by atoms with Crippen molar-refractivity contribution in [2.45, 2.75) is 20.8 Å². The Kier molecular flexibility index (Phi) is 5.16. The molecule has 0 aliphatic carbocycles. The SMILES string of the molecule is Cc1cc(Nc2nc(N(N)c3ccc(C(=O)C(C)C)cc3)nc3ccccc23)n[nH]1. The zero-order valence-corrected chi connectivity index (χ0v) is 17.0. The number of rotatable bonds is 6. The first-order valence-electron chi connectivity index (χ1n) is 9.67. The number of ketones is 1. The van der Waals surface area contributed by atoms with Gasteiger partial charge in [-0.2, -0.15) is 10.1 Å². The number of fused-ring (bicyclic) bond motifs is 1. The van der Waals surface area contributed by atoms with Crippen LogP contribution in [0, 0.1) is 12.8 Å². The zero-order chi connectivity index (χ0) is 21.3. The van der Waals surface area contributed by atoms with Gasteiger partial charge in [0.05, 0.1) is 11.2 Å². The summed E-state index contributed by atoms with van der Waals surface area (Å²) in [7, 11) is 0.